The first-order valence-electron chi connectivity index (χ1n) is 13.7. The highest BCUT2D eigenvalue weighted by Crippen LogP contribution is 2.26. The third kappa shape index (κ3) is 12.8. The van der Waals surface area contributed by atoms with Gasteiger partial charge in [0, 0.05) is 18.6 Å². The topological polar surface area (TPSA) is 85.4 Å². The van der Waals surface area contributed by atoms with Gasteiger partial charge in [-0.3, -0.25) is 24.2 Å². The molecule has 0 spiro atoms. The van der Waals surface area contributed by atoms with Gasteiger partial charge in [0.15, 0.2) is 0 Å². The molecule has 2 rings (SSSR count). The van der Waals surface area contributed by atoms with Gasteiger partial charge in [-0.2, -0.15) is 0 Å². The number of carbonyl (C=O) groups is 3. The number of rotatable bonds is 10. The van der Waals surface area contributed by atoms with Crippen molar-refractivity contribution in [1.82, 2.24) is 9.80 Å². The molecule has 1 aromatic rings. The molecule has 0 heterocycles. The van der Waals surface area contributed by atoms with E-state index >= 15 is 0 Å². The molecule has 0 bridgehead atoms. The van der Waals surface area contributed by atoms with Crippen LogP contribution >= 0.6 is 0 Å². The molecule has 0 radical (unpaired) electrons. The number of benzene rings is 1. The summed E-state index contributed by atoms with van der Waals surface area (Å²) in [5.74, 6) is -1.15. The van der Waals surface area contributed by atoms with Gasteiger partial charge in [-0.1, -0.05) is 42.5 Å². The Labute approximate surface area is 234 Å². The fourth-order valence-corrected chi connectivity index (χ4v) is 4.59. The lowest BCUT2D eigenvalue weighted by atomic mass is 9.92. The first kappa shape index (κ1) is 32.5. The molecular weight excluding hydrogens is 496 g/mol. The van der Waals surface area contributed by atoms with Crippen molar-refractivity contribution >= 4 is 17.9 Å². The Morgan fingerprint density at radius 1 is 0.641 bits per heavy atom. The molecule has 218 valence electrons. The Kier molecular flexibility index (Phi) is 11.3. The van der Waals surface area contributed by atoms with E-state index in [-0.39, 0.29) is 37.7 Å². The first-order valence-corrected chi connectivity index (χ1v) is 13.7. The van der Waals surface area contributed by atoms with Crippen molar-refractivity contribution in [2.24, 2.45) is 0 Å². The van der Waals surface area contributed by atoms with Crippen LogP contribution in [0.25, 0.3) is 0 Å². The maximum Gasteiger partial charge on any atom is 0.320 e. The lowest BCUT2D eigenvalue weighted by Gasteiger charge is -2.43. The molecule has 0 amide bonds. The van der Waals surface area contributed by atoms with Crippen LogP contribution in [0.2, 0.25) is 0 Å². The minimum atomic E-state index is -0.656. The molecule has 0 N–H and O–H groups in total. The summed E-state index contributed by atoms with van der Waals surface area (Å²) in [6, 6.07) is 9.54. The summed E-state index contributed by atoms with van der Waals surface area (Å²) in [4.78, 5) is 42.8. The number of nitrogens with zero attached hydrogens (tertiary/aromatic N) is 2. The number of esters is 3. The predicted molar refractivity (Wildman–Crippen MR) is 152 cm³/mol. The number of hydrogen-bond donors (Lipinski definition) is 0. The second-order valence-corrected chi connectivity index (χ2v) is 13.1. The lowest BCUT2D eigenvalue weighted by molar-refractivity contribution is -0.164. The highest BCUT2D eigenvalue weighted by atomic mass is 16.6. The Morgan fingerprint density at radius 3 is 1.38 bits per heavy atom. The first-order chi connectivity index (χ1) is 17.9. The van der Waals surface area contributed by atoms with Crippen molar-refractivity contribution in [3.63, 3.8) is 0 Å². The van der Waals surface area contributed by atoms with E-state index in [2.05, 4.69) is 17.1 Å². The van der Waals surface area contributed by atoms with Crippen molar-refractivity contribution < 1.29 is 28.6 Å². The normalized spacial score (nSPS) is 18.2. The van der Waals surface area contributed by atoms with E-state index in [1.807, 2.05) is 97.5 Å². The summed E-state index contributed by atoms with van der Waals surface area (Å²) in [5, 5.41) is 0. The molecule has 0 saturated heterocycles. The van der Waals surface area contributed by atoms with E-state index in [9.17, 15) is 14.4 Å². The summed E-state index contributed by atoms with van der Waals surface area (Å²) in [6.07, 6.45) is 5.41. The largest absolute Gasteiger partial charge is 0.459 e. The van der Waals surface area contributed by atoms with Gasteiger partial charge in [0.2, 0.25) is 0 Å². The van der Waals surface area contributed by atoms with Gasteiger partial charge in [0.05, 0.1) is 19.6 Å². The Balaban J connectivity index is 2.40. The molecule has 8 nitrogen and oxygen atoms in total. The average molecular weight is 545 g/mol. The van der Waals surface area contributed by atoms with E-state index in [1.54, 1.807) is 0 Å². The van der Waals surface area contributed by atoms with Gasteiger partial charge >= 0.3 is 17.9 Å². The average Bonchev–Trinajstić information content (AvgIpc) is 2.75. The number of ether oxygens (including phenoxy) is 3. The van der Waals surface area contributed by atoms with Gasteiger partial charge in [0.1, 0.15) is 16.8 Å². The van der Waals surface area contributed by atoms with E-state index in [4.69, 9.17) is 14.2 Å². The van der Waals surface area contributed by atoms with E-state index in [0.717, 1.165) is 5.56 Å². The Morgan fingerprint density at radius 2 is 1.00 bits per heavy atom. The van der Waals surface area contributed by atoms with Crippen LogP contribution in [0.5, 0.6) is 0 Å². The minimum Gasteiger partial charge on any atom is -0.459 e. The molecule has 0 unspecified atom stereocenters. The van der Waals surface area contributed by atoms with Crippen LogP contribution in [-0.4, -0.2) is 76.2 Å². The molecule has 0 aliphatic heterocycles. The van der Waals surface area contributed by atoms with Gasteiger partial charge in [0.25, 0.3) is 0 Å². The van der Waals surface area contributed by atoms with Gasteiger partial charge in [-0.15, -0.1) is 0 Å². The van der Waals surface area contributed by atoms with Crippen molar-refractivity contribution in [3.05, 3.63) is 48.0 Å². The number of hydrogen-bond acceptors (Lipinski definition) is 8. The fraction of sp³-hybridized carbons (Fsp3) is 0.645. The van der Waals surface area contributed by atoms with Gasteiger partial charge in [-0.25, -0.2) is 0 Å². The molecule has 0 saturated carbocycles. The molecule has 1 aliphatic carbocycles. The van der Waals surface area contributed by atoms with Gasteiger partial charge in [-0.05, 0) is 80.7 Å². The van der Waals surface area contributed by atoms with E-state index in [1.165, 1.54) is 0 Å². The fourth-order valence-electron chi connectivity index (χ4n) is 4.59. The van der Waals surface area contributed by atoms with Crippen LogP contribution in [0.1, 0.15) is 80.7 Å². The van der Waals surface area contributed by atoms with Crippen LogP contribution < -0.4 is 0 Å². The molecule has 1 aromatic carbocycles. The SMILES string of the molecule is CC(C)(C)OC(=O)CN(CC(=O)OC(C)(C)C)[C@@H]1CC=CC[C@H]1N(CC(=O)OC(C)(C)C)Cc1ccccc1. The second-order valence-electron chi connectivity index (χ2n) is 13.1. The maximum atomic E-state index is 13.0. The molecule has 0 aromatic heterocycles. The quantitative estimate of drug-likeness (QED) is 0.234. The van der Waals surface area contributed by atoms with Crippen LogP contribution in [0.4, 0.5) is 0 Å². The Hall–Kier alpha value is -2.71. The highest BCUT2D eigenvalue weighted by molar-refractivity contribution is 5.75. The third-order valence-corrected chi connectivity index (χ3v) is 5.79. The monoisotopic (exact) mass is 544 g/mol. The zero-order valence-electron chi connectivity index (χ0n) is 25.3. The summed E-state index contributed by atoms with van der Waals surface area (Å²) in [7, 11) is 0. The van der Waals surface area contributed by atoms with Crippen LogP contribution in [-0.2, 0) is 35.1 Å². The molecule has 0 fully saturated rings. The zero-order valence-corrected chi connectivity index (χ0v) is 25.3. The molecule has 1 aliphatic rings. The molecule has 2 atom stereocenters. The van der Waals surface area contributed by atoms with E-state index in [0.29, 0.717) is 19.4 Å². The van der Waals surface area contributed by atoms with Crippen LogP contribution in [0.3, 0.4) is 0 Å². The Bertz CT molecular complexity index is 955. The van der Waals surface area contributed by atoms with Crippen molar-refractivity contribution in [2.75, 3.05) is 19.6 Å². The summed E-state index contributed by atoms with van der Waals surface area (Å²) < 4.78 is 16.9. The third-order valence-electron chi connectivity index (χ3n) is 5.79. The predicted octanol–water partition coefficient (Wildman–Crippen LogP) is 4.90. The standard InChI is InChI=1S/C31H48N2O6/c1-29(2,3)37-26(34)20-32(19-23-15-11-10-12-16-23)24-17-13-14-18-25(24)33(21-27(35)38-30(4,5)6)22-28(36)39-31(7,8)9/h10-16,24-25H,17-22H2,1-9H3/t24-,25-/m1/s1. The summed E-state index contributed by atoms with van der Waals surface area (Å²) >= 11 is 0. The van der Waals surface area contributed by atoms with Crippen LogP contribution in [0, 0.1) is 0 Å². The molecule has 39 heavy (non-hydrogen) atoms. The maximum absolute atomic E-state index is 13.0. The highest BCUT2D eigenvalue weighted by Gasteiger charge is 2.37. The van der Waals surface area contributed by atoms with Crippen LogP contribution in [0.15, 0.2) is 42.5 Å². The van der Waals surface area contributed by atoms with E-state index < -0.39 is 28.7 Å². The molecule has 8 heteroatoms. The summed E-state index contributed by atoms with van der Waals surface area (Å²) in [5.41, 5.74) is -0.867. The van der Waals surface area contributed by atoms with Crippen molar-refractivity contribution in [2.45, 2.75) is 111 Å². The molecular formula is C31H48N2O6. The smallest absolute Gasteiger partial charge is 0.320 e. The number of carbonyl (C=O) groups excluding carboxylic acids is 3. The summed E-state index contributed by atoms with van der Waals surface area (Å²) in [6.45, 7) is 16.9. The zero-order chi connectivity index (χ0) is 29.4. The van der Waals surface area contributed by atoms with Crippen molar-refractivity contribution in [3.8, 4) is 0 Å². The van der Waals surface area contributed by atoms with Crippen molar-refractivity contribution in [1.29, 1.82) is 0 Å². The second kappa shape index (κ2) is 13.6. The lowest BCUT2D eigenvalue weighted by Crippen LogP contribution is -2.56. The minimum absolute atomic E-state index is 0.0723. The van der Waals surface area contributed by atoms with Gasteiger partial charge < -0.3 is 14.2 Å².